The van der Waals surface area contributed by atoms with E-state index in [9.17, 15) is 14.7 Å². The van der Waals surface area contributed by atoms with Crippen LogP contribution in [0.5, 0.6) is 0 Å². The highest BCUT2D eigenvalue weighted by Crippen LogP contribution is 2.75. The molecule has 0 unspecified atom stereocenters. The highest BCUT2D eigenvalue weighted by atomic mass is 16.6. The van der Waals surface area contributed by atoms with E-state index in [1.807, 2.05) is 0 Å². The van der Waals surface area contributed by atoms with Gasteiger partial charge in [-0.05, 0) is 55.8 Å². The largest absolute Gasteiger partial charge is 0.462 e. The molecule has 3 saturated heterocycles. The summed E-state index contributed by atoms with van der Waals surface area (Å²) in [5, 5.41) is 15.2. The Morgan fingerprint density at radius 3 is 2.85 bits per heavy atom. The number of aliphatic hydroxyl groups excluding tert-OH is 1. The summed E-state index contributed by atoms with van der Waals surface area (Å²) in [6, 6.07) is 0.121. The summed E-state index contributed by atoms with van der Waals surface area (Å²) < 4.78 is 11.9. The minimum atomic E-state index is -0.774. The predicted molar refractivity (Wildman–Crippen MR) is 94.4 cm³/mol. The Labute approximate surface area is 159 Å². The van der Waals surface area contributed by atoms with Crippen LogP contribution in [-0.4, -0.2) is 47.4 Å². The fraction of sp³-hybridized carbons (Fsp3) is 0.905. The van der Waals surface area contributed by atoms with Gasteiger partial charge in [0.2, 0.25) is 0 Å². The zero-order valence-corrected chi connectivity index (χ0v) is 16.1. The van der Waals surface area contributed by atoms with Crippen LogP contribution in [-0.2, 0) is 19.1 Å². The smallest absolute Gasteiger partial charge is 0.313 e. The molecule has 0 aromatic rings. The van der Waals surface area contributed by atoms with E-state index in [2.05, 4.69) is 12.2 Å². The molecule has 0 amide bonds. The molecule has 3 aliphatic heterocycles. The summed E-state index contributed by atoms with van der Waals surface area (Å²) in [4.78, 5) is 25.3. The summed E-state index contributed by atoms with van der Waals surface area (Å²) in [5.74, 6) is -0.450. The average molecular weight is 375 g/mol. The van der Waals surface area contributed by atoms with Gasteiger partial charge in [-0.15, -0.1) is 0 Å². The quantitative estimate of drug-likeness (QED) is 0.674. The SMILES string of the molecule is CC(=O)O[C@]12CC[C@H]3C[C@H]([C@@H]1C(=O)O3)[C@]13[C@@H]4NC[C@](C)(CC[C@@H]1O)[C@H]3C[C@@H]42. The number of ether oxygens (including phenoxy) is 2. The molecule has 7 aliphatic rings. The van der Waals surface area contributed by atoms with Crippen LogP contribution in [0.15, 0.2) is 0 Å². The molecule has 3 heterocycles. The molecule has 2 N–H and O–H groups in total. The molecule has 0 radical (unpaired) electrons. The first-order valence-electron chi connectivity index (χ1n) is 10.6. The van der Waals surface area contributed by atoms with Crippen LogP contribution in [0.25, 0.3) is 0 Å². The molecule has 0 aromatic carbocycles. The van der Waals surface area contributed by atoms with E-state index in [0.717, 1.165) is 38.6 Å². The number of fused-ring (bicyclic) bond motifs is 2. The summed E-state index contributed by atoms with van der Waals surface area (Å²) in [5.41, 5.74) is -0.923. The molecular formula is C21H29NO5. The fourth-order valence-corrected chi connectivity index (χ4v) is 8.96. The van der Waals surface area contributed by atoms with E-state index in [0.29, 0.717) is 12.3 Å². The van der Waals surface area contributed by atoms with Gasteiger partial charge in [-0.25, -0.2) is 0 Å². The standard InChI is InChI=1S/C21H29NO5/c1-10(23)27-20-6-3-11-7-12(16(20)18(25)26-11)21-14-8-13(20)17(21)22-9-19(14,2)5-4-15(21)24/h11-17,22,24H,3-9H2,1-2H3/t11-,12+,13-,14+,15-,16+,17+,19-,20-,21+/m0/s1. The molecule has 148 valence electrons. The van der Waals surface area contributed by atoms with Crippen molar-refractivity contribution in [3.05, 3.63) is 0 Å². The van der Waals surface area contributed by atoms with Crippen molar-refractivity contribution in [3.63, 3.8) is 0 Å². The van der Waals surface area contributed by atoms with Crippen LogP contribution in [0.2, 0.25) is 0 Å². The first-order chi connectivity index (χ1) is 12.8. The summed E-state index contributed by atoms with van der Waals surface area (Å²) in [7, 11) is 0. The van der Waals surface area contributed by atoms with Gasteiger partial charge in [0, 0.05) is 30.8 Å². The van der Waals surface area contributed by atoms with Crippen LogP contribution < -0.4 is 5.32 Å². The van der Waals surface area contributed by atoms with Crippen molar-refractivity contribution in [3.8, 4) is 0 Å². The maximum Gasteiger partial charge on any atom is 0.313 e. The van der Waals surface area contributed by atoms with Crippen LogP contribution in [0.1, 0.15) is 52.4 Å². The number of carbonyl (C=O) groups is 2. The molecule has 6 heteroatoms. The molecule has 1 spiro atoms. The highest BCUT2D eigenvalue weighted by molar-refractivity contribution is 5.78. The van der Waals surface area contributed by atoms with Gasteiger partial charge in [-0.1, -0.05) is 6.92 Å². The first kappa shape index (κ1) is 16.8. The van der Waals surface area contributed by atoms with Gasteiger partial charge in [-0.2, -0.15) is 0 Å². The van der Waals surface area contributed by atoms with Gasteiger partial charge >= 0.3 is 11.9 Å². The zero-order chi connectivity index (χ0) is 18.8. The summed E-state index contributed by atoms with van der Waals surface area (Å²) >= 11 is 0. The Balaban J connectivity index is 1.61. The number of carbonyl (C=O) groups excluding carboxylic acids is 2. The third-order valence-corrected chi connectivity index (χ3v) is 9.61. The Bertz CT molecular complexity index is 740. The van der Waals surface area contributed by atoms with Crippen molar-refractivity contribution in [2.45, 2.75) is 76.2 Å². The number of aliphatic hydroxyl groups is 1. The van der Waals surface area contributed by atoms with Crippen molar-refractivity contribution < 1.29 is 24.2 Å². The van der Waals surface area contributed by atoms with E-state index in [-0.39, 0.29) is 46.8 Å². The van der Waals surface area contributed by atoms with Crippen LogP contribution >= 0.6 is 0 Å². The van der Waals surface area contributed by atoms with Crippen LogP contribution in [0.3, 0.4) is 0 Å². The molecule has 6 nitrogen and oxygen atoms in total. The van der Waals surface area contributed by atoms with E-state index in [4.69, 9.17) is 9.47 Å². The lowest BCUT2D eigenvalue weighted by Gasteiger charge is -2.66. The zero-order valence-electron chi connectivity index (χ0n) is 16.1. The molecule has 7 fully saturated rings. The molecule has 0 aromatic heterocycles. The number of piperidine rings is 1. The Morgan fingerprint density at radius 1 is 1.26 bits per heavy atom. The van der Waals surface area contributed by atoms with Gasteiger partial charge < -0.3 is 19.9 Å². The van der Waals surface area contributed by atoms with Crippen molar-refractivity contribution >= 4 is 11.9 Å². The minimum absolute atomic E-state index is 0.0294. The number of nitrogens with one attached hydrogen (secondary N) is 1. The third kappa shape index (κ3) is 1.68. The Morgan fingerprint density at radius 2 is 2.07 bits per heavy atom. The van der Waals surface area contributed by atoms with Gasteiger partial charge in [0.25, 0.3) is 0 Å². The van der Waals surface area contributed by atoms with Crippen molar-refractivity contribution in [2.24, 2.45) is 34.5 Å². The van der Waals surface area contributed by atoms with Gasteiger partial charge in [0.15, 0.2) is 0 Å². The topological polar surface area (TPSA) is 84.9 Å². The van der Waals surface area contributed by atoms with E-state index >= 15 is 0 Å². The van der Waals surface area contributed by atoms with Gasteiger partial charge in [0.05, 0.1) is 6.10 Å². The molecule has 27 heavy (non-hydrogen) atoms. The maximum atomic E-state index is 13.1. The molecule has 10 atom stereocenters. The van der Waals surface area contributed by atoms with Gasteiger partial charge in [0.1, 0.15) is 17.6 Å². The molecule has 4 saturated carbocycles. The number of hydrogen-bond acceptors (Lipinski definition) is 6. The number of esters is 2. The molecular weight excluding hydrogens is 346 g/mol. The predicted octanol–water partition coefficient (Wildman–Crippen LogP) is 1.40. The van der Waals surface area contributed by atoms with E-state index < -0.39 is 17.6 Å². The fourth-order valence-electron chi connectivity index (χ4n) is 8.96. The van der Waals surface area contributed by atoms with Crippen molar-refractivity contribution in [1.29, 1.82) is 0 Å². The second-order valence-electron chi connectivity index (χ2n) is 10.4. The first-order valence-corrected chi connectivity index (χ1v) is 10.6. The normalized spacial score (nSPS) is 59.8. The van der Waals surface area contributed by atoms with Gasteiger partial charge in [-0.3, -0.25) is 9.59 Å². The van der Waals surface area contributed by atoms with Crippen LogP contribution in [0, 0.1) is 34.5 Å². The summed E-state index contributed by atoms with van der Waals surface area (Å²) in [6.07, 6.45) is 4.50. The van der Waals surface area contributed by atoms with Crippen molar-refractivity contribution in [2.75, 3.05) is 6.54 Å². The Kier molecular flexibility index (Phi) is 3.03. The minimum Gasteiger partial charge on any atom is -0.462 e. The molecule has 4 aliphatic carbocycles. The Hall–Kier alpha value is -1.14. The highest BCUT2D eigenvalue weighted by Gasteiger charge is 2.81. The van der Waals surface area contributed by atoms with Crippen molar-refractivity contribution in [1.82, 2.24) is 5.32 Å². The second-order valence-corrected chi connectivity index (χ2v) is 10.4. The second kappa shape index (κ2) is 4.88. The molecule has 7 rings (SSSR count). The van der Waals surface area contributed by atoms with E-state index in [1.54, 1.807) is 0 Å². The lowest BCUT2D eigenvalue weighted by molar-refractivity contribution is -0.246. The summed E-state index contributed by atoms with van der Waals surface area (Å²) in [6.45, 7) is 4.76. The lowest BCUT2D eigenvalue weighted by Crippen LogP contribution is -2.76. The maximum absolute atomic E-state index is 13.1. The number of rotatable bonds is 1. The third-order valence-electron chi connectivity index (χ3n) is 9.61. The lowest BCUT2D eigenvalue weighted by atomic mass is 9.43. The molecule has 9 bridgehead atoms. The average Bonchev–Trinajstić information content (AvgIpc) is 2.68. The number of hydrogen-bond donors (Lipinski definition) is 2. The van der Waals surface area contributed by atoms with E-state index in [1.165, 1.54) is 6.92 Å². The van der Waals surface area contributed by atoms with Crippen LogP contribution in [0.4, 0.5) is 0 Å². The monoisotopic (exact) mass is 375 g/mol.